The summed E-state index contributed by atoms with van der Waals surface area (Å²) in [4.78, 5) is 30.4. The lowest BCUT2D eigenvalue weighted by atomic mass is 9.92. The van der Waals surface area contributed by atoms with Gasteiger partial charge in [0.2, 0.25) is 11.5 Å². The SMILES string of the molecule is CB(O)NS(=O)(=O)N1CCN(c2cnn(-c3cc(F)cc(F)c3)c(=O)c2OC2CCCCC2)CC1.NS(=O)(=O)N1CCN(c2cnn(-c3cc(F)cc(F)c3)c(=O)c2OC2CCCCC2)CC1. The summed E-state index contributed by atoms with van der Waals surface area (Å²) in [7, 11) is -8.88. The number of benzene rings is 2. The minimum absolute atomic E-state index is 0.0231. The minimum atomic E-state index is -3.86. The minimum Gasteiger partial charge on any atom is -0.483 e. The first-order valence-corrected chi connectivity index (χ1v) is 25.0. The summed E-state index contributed by atoms with van der Waals surface area (Å²) in [5, 5.41) is 22.9. The first-order chi connectivity index (χ1) is 31.9. The number of piperazine rings is 2. The normalized spacial score (nSPS) is 18.3. The van der Waals surface area contributed by atoms with Crippen molar-refractivity contribution in [2.45, 2.75) is 83.2 Å². The van der Waals surface area contributed by atoms with Crippen molar-refractivity contribution in [3.05, 3.63) is 92.8 Å². The van der Waals surface area contributed by atoms with E-state index in [4.69, 9.17) is 14.6 Å². The number of nitrogens with two attached hydrogens (primary N) is 1. The smallest absolute Gasteiger partial charge is 0.388 e. The van der Waals surface area contributed by atoms with Gasteiger partial charge in [0.05, 0.1) is 36.0 Å². The van der Waals surface area contributed by atoms with Gasteiger partial charge < -0.3 is 24.3 Å². The van der Waals surface area contributed by atoms with Crippen LogP contribution in [0.1, 0.15) is 64.2 Å². The second-order valence-corrected chi connectivity index (χ2v) is 20.0. The van der Waals surface area contributed by atoms with E-state index in [-0.39, 0.29) is 87.4 Å². The number of aromatic nitrogens is 4. The van der Waals surface area contributed by atoms with Crippen LogP contribution in [0.2, 0.25) is 6.82 Å². The summed E-state index contributed by atoms with van der Waals surface area (Å²) in [6.07, 6.45) is 11.8. The maximum atomic E-state index is 13.8. The number of ether oxygens (including phenoxy) is 2. The molecule has 2 saturated heterocycles. The van der Waals surface area contributed by atoms with Crippen molar-refractivity contribution >= 4 is 38.8 Å². The highest BCUT2D eigenvalue weighted by Gasteiger charge is 2.32. The molecule has 0 unspecified atom stereocenters. The van der Waals surface area contributed by atoms with Crippen LogP contribution >= 0.6 is 0 Å². The third-order valence-electron chi connectivity index (χ3n) is 11.9. The number of nitrogens with zero attached hydrogens (tertiary/aromatic N) is 8. The lowest BCUT2D eigenvalue weighted by Crippen LogP contribution is -2.54. The Balaban J connectivity index is 0.000000200. The Hall–Kier alpha value is -5.12. The van der Waals surface area contributed by atoms with Crippen LogP contribution in [-0.2, 0) is 20.4 Å². The number of anilines is 2. The molecule has 4 aliphatic rings. The number of nitrogens with one attached hydrogen (secondary N) is 1. The van der Waals surface area contributed by atoms with Gasteiger partial charge in [-0.1, -0.05) is 12.8 Å². The van der Waals surface area contributed by atoms with Crippen LogP contribution in [0.3, 0.4) is 0 Å². The molecule has 2 aliphatic carbocycles. The van der Waals surface area contributed by atoms with Crippen molar-refractivity contribution in [1.29, 1.82) is 0 Å². The highest BCUT2D eigenvalue weighted by atomic mass is 32.2. The van der Waals surface area contributed by atoms with Crippen molar-refractivity contribution in [3.63, 3.8) is 0 Å². The van der Waals surface area contributed by atoms with Gasteiger partial charge in [0, 0.05) is 64.5 Å². The zero-order valence-electron chi connectivity index (χ0n) is 36.8. The van der Waals surface area contributed by atoms with Crippen LogP contribution in [0.25, 0.3) is 11.4 Å². The standard InChI is InChI=1S/C21H28BF2N5O5S.C20H25F2N5O4S/c1-22(31)26-35(32,33)28-9-7-27(8-10-28)19-14-25-29(17-12-15(23)11-16(24)13-17)21(30)20(19)34-18-5-3-2-4-6-18;21-14-10-15(22)12-16(11-14)27-20(28)19(31-17-4-2-1-3-5-17)18(13-24-27)25-6-8-26(9-7-25)32(23,29)30/h11-14,18,26,31H,2-10H2,1H3;10-13,17H,1-9H2,(H2,23,29,30). The van der Waals surface area contributed by atoms with Crippen LogP contribution in [-0.4, -0.2) is 122 Å². The molecule has 0 bridgehead atoms. The zero-order valence-corrected chi connectivity index (χ0v) is 38.4. The molecule has 2 aliphatic heterocycles. The third-order valence-corrected chi connectivity index (χ3v) is 14.6. The van der Waals surface area contributed by atoms with E-state index in [1.165, 1.54) is 23.5 Å². The zero-order chi connectivity index (χ0) is 48.0. The van der Waals surface area contributed by atoms with E-state index in [0.717, 1.165) is 102 Å². The van der Waals surface area contributed by atoms with Gasteiger partial charge in [-0.25, -0.2) is 27.3 Å². The number of rotatable bonds is 12. The monoisotopic (exact) mass is 980 g/mol. The summed E-state index contributed by atoms with van der Waals surface area (Å²) < 4.78 is 122. The summed E-state index contributed by atoms with van der Waals surface area (Å²) in [5.41, 5.74) is -0.577. The van der Waals surface area contributed by atoms with E-state index >= 15 is 0 Å². The number of halogens is 4. The van der Waals surface area contributed by atoms with E-state index in [1.807, 2.05) is 4.90 Å². The predicted molar refractivity (Wildman–Crippen MR) is 241 cm³/mol. The highest BCUT2D eigenvalue weighted by molar-refractivity contribution is 7.88. The molecule has 0 radical (unpaired) electrons. The van der Waals surface area contributed by atoms with E-state index in [2.05, 4.69) is 14.8 Å². The Kier molecular flexibility index (Phi) is 15.9. The van der Waals surface area contributed by atoms with Gasteiger partial charge in [-0.05, 0) is 82.5 Å². The molecule has 4 heterocycles. The Bertz CT molecular complexity index is 2690. The molecule has 0 spiro atoms. The lowest BCUT2D eigenvalue weighted by molar-refractivity contribution is 0.152. The Labute approximate surface area is 385 Å². The molecule has 19 nitrogen and oxygen atoms in total. The topological polar surface area (TPSA) is 228 Å². The van der Waals surface area contributed by atoms with Crippen LogP contribution in [0.15, 0.2) is 58.4 Å². The van der Waals surface area contributed by atoms with Crippen LogP contribution in [0, 0.1) is 23.3 Å². The summed E-state index contributed by atoms with van der Waals surface area (Å²) in [6.45, 7) is 2.93. The molecule has 0 amide bonds. The van der Waals surface area contributed by atoms with Crippen molar-refractivity contribution in [3.8, 4) is 22.9 Å². The second-order valence-electron chi connectivity index (χ2n) is 16.8. The maximum absolute atomic E-state index is 13.8. The van der Waals surface area contributed by atoms with Crippen molar-refractivity contribution < 1.29 is 48.9 Å². The fourth-order valence-corrected chi connectivity index (χ4v) is 10.5. The Morgan fingerprint density at radius 3 is 1.31 bits per heavy atom. The van der Waals surface area contributed by atoms with Crippen LogP contribution in [0.4, 0.5) is 28.9 Å². The summed E-state index contributed by atoms with van der Waals surface area (Å²) in [5.74, 6) is -3.26. The van der Waals surface area contributed by atoms with Crippen molar-refractivity contribution in [2.75, 3.05) is 62.2 Å². The molecule has 8 rings (SSSR count). The van der Waals surface area contributed by atoms with Gasteiger partial charge in [0.25, 0.3) is 20.4 Å². The predicted octanol–water partition coefficient (Wildman–Crippen LogP) is 2.84. The third kappa shape index (κ3) is 12.5. The fourth-order valence-electron chi connectivity index (χ4n) is 8.56. The van der Waals surface area contributed by atoms with Gasteiger partial charge in [0.1, 0.15) is 34.6 Å². The molecule has 26 heteroatoms. The molecule has 2 aromatic heterocycles. The first kappa shape index (κ1) is 49.8. The number of hydrogen-bond acceptors (Lipinski definition) is 13. The molecule has 0 atom stereocenters. The molecular formula is C41H53BF4N10O9S2. The summed E-state index contributed by atoms with van der Waals surface area (Å²) >= 11 is 0. The molecule has 4 aromatic rings. The molecule has 4 fully saturated rings. The molecule has 4 N–H and O–H groups in total. The molecule has 2 aromatic carbocycles. The van der Waals surface area contributed by atoms with Crippen molar-refractivity contribution in [2.24, 2.45) is 5.14 Å². The lowest BCUT2D eigenvalue weighted by Gasteiger charge is -2.36. The molecule has 2 saturated carbocycles. The van der Waals surface area contributed by atoms with Gasteiger partial charge >= 0.3 is 18.2 Å². The second kappa shape index (κ2) is 21.5. The average molecular weight is 981 g/mol. The number of hydrogen-bond donors (Lipinski definition) is 3. The largest absolute Gasteiger partial charge is 0.483 e. The van der Waals surface area contributed by atoms with E-state index in [0.29, 0.717) is 23.5 Å². The molecular weight excluding hydrogens is 927 g/mol. The Morgan fingerprint density at radius 1 is 0.612 bits per heavy atom. The Morgan fingerprint density at radius 2 is 0.970 bits per heavy atom. The van der Waals surface area contributed by atoms with Gasteiger partial charge in [-0.3, -0.25) is 9.59 Å². The quantitative estimate of drug-likeness (QED) is 0.137. The fraction of sp³-hybridized carbons (Fsp3) is 0.512. The van der Waals surface area contributed by atoms with Crippen LogP contribution < -0.4 is 40.2 Å². The van der Waals surface area contributed by atoms with E-state index in [9.17, 15) is 49.0 Å². The summed E-state index contributed by atoms with van der Waals surface area (Å²) in [6, 6.07) is 5.50. The van der Waals surface area contributed by atoms with E-state index < -0.39 is 61.9 Å². The average Bonchev–Trinajstić information content (AvgIpc) is 3.27. The van der Waals surface area contributed by atoms with Crippen molar-refractivity contribution in [1.82, 2.24) is 32.8 Å². The van der Waals surface area contributed by atoms with E-state index in [1.54, 1.807) is 4.90 Å². The van der Waals surface area contributed by atoms with Gasteiger partial charge in [0.15, 0.2) is 0 Å². The van der Waals surface area contributed by atoms with Gasteiger partial charge in [-0.15, -0.1) is 0 Å². The van der Waals surface area contributed by atoms with Gasteiger partial charge in [-0.2, -0.15) is 45.0 Å². The molecule has 364 valence electrons. The van der Waals surface area contributed by atoms with Crippen LogP contribution in [0.5, 0.6) is 11.5 Å². The maximum Gasteiger partial charge on any atom is 0.388 e. The molecule has 67 heavy (non-hydrogen) atoms. The first-order valence-electron chi connectivity index (χ1n) is 22.1. The highest BCUT2D eigenvalue weighted by Crippen LogP contribution is 2.32.